The first kappa shape index (κ1) is 11.5. The topological polar surface area (TPSA) is 34.1 Å². The van der Waals surface area contributed by atoms with Gasteiger partial charge in [-0.2, -0.15) is 0 Å². The third kappa shape index (κ3) is 2.31. The molecule has 3 nitrogen and oxygen atoms in total. The molecule has 3 heteroatoms. The lowest BCUT2D eigenvalue weighted by molar-refractivity contribution is 0.0557. The van der Waals surface area contributed by atoms with Gasteiger partial charge >= 0.3 is 0 Å². The second-order valence-electron chi connectivity index (χ2n) is 5.16. The van der Waals surface area contributed by atoms with Gasteiger partial charge in [0.1, 0.15) is 11.4 Å². The molecule has 3 rings (SSSR count). The van der Waals surface area contributed by atoms with Crippen LogP contribution >= 0.6 is 0 Å². The second-order valence-corrected chi connectivity index (χ2v) is 5.16. The molecular formula is C15H18N2O. The number of pyridine rings is 1. The molecular weight excluding hydrogens is 224 g/mol. The maximum atomic E-state index is 6.18. The quantitative estimate of drug-likeness (QED) is 0.879. The summed E-state index contributed by atoms with van der Waals surface area (Å²) in [6.07, 6.45) is 3.92. The lowest BCUT2D eigenvalue weighted by Crippen LogP contribution is -2.43. The molecule has 0 bridgehead atoms. The normalized spacial score (nSPS) is 18.7. The van der Waals surface area contributed by atoms with Gasteiger partial charge < -0.3 is 10.1 Å². The van der Waals surface area contributed by atoms with Gasteiger partial charge in [-0.3, -0.25) is 4.98 Å². The number of fused-ring (bicyclic) bond motifs is 1. The Balaban J connectivity index is 1.85. The van der Waals surface area contributed by atoms with Crippen molar-refractivity contribution in [3.8, 4) is 5.75 Å². The van der Waals surface area contributed by atoms with E-state index in [0.29, 0.717) is 0 Å². The summed E-state index contributed by atoms with van der Waals surface area (Å²) < 4.78 is 6.18. The van der Waals surface area contributed by atoms with Crippen LogP contribution in [0.15, 0.2) is 36.5 Å². The molecule has 0 saturated carbocycles. The summed E-state index contributed by atoms with van der Waals surface area (Å²) in [5.41, 5.74) is 0.974. The number of nitrogens with one attached hydrogen (secondary N) is 1. The summed E-state index contributed by atoms with van der Waals surface area (Å²) >= 11 is 0. The van der Waals surface area contributed by atoms with E-state index in [2.05, 4.69) is 29.4 Å². The summed E-state index contributed by atoms with van der Waals surface area (Å²) in [6.45, 7) is 4.26. The van der Waals surface area contributed by atoms with Gasteiger partial charge in [0.25, 0.3) is 0 Å². The maximum absolute atomic E-state index is 6.18. The van der Waals surface area contributed by atoms with E-state index in [1.807, 2.05) is 24.4 Å². The van der Waals surface area contributed by atoms with E-state index in [4.69, 9.17) is 4.74 Å². The van der Waals surface area contributed by atoms with E-state index in [1.165, 1.54) is 0 Å². The summed E-state index contributed by atoms with van der Waals surface area (Å²) in [4.78, 5) is 4.32. The van der Waals surface area contributed by atoms with Gasteiger partial charge in [-0.25, -0.2) is 0 Å². The molecule has 1 N–H and O–H groups in total. The first-order valence-corrected chi connectivity index (χ1v) is 6.50. The Kier molecular flexibility index (Phi) is 2.92. The van der Waals surface area contributed by atoms with Crippen molar-refractivity contribution in [3.63, 3.8) is 0 Å². The van der Waals surface area contributed by atoms with Gasteiger partial charge in [0.2, 0.25) is 0 Å². The predicted octanol–water partition coefficient (Wildman–Crippen LogP) is 2.76. The van der Waals surface area contributed by atoms with E-state index in [-0.39, 0.29) is 5.60 Å². The molecule has 0 spiro atoms. The molecule has 0 atom stereocenters. The van der Waals surface area contributed by atoms with E-state index in [0.717, 1.165) is 42.6 Å². The zero-order valence-corrected chi connectivity index (χ0v) is 10.6. The Bertz CT molecular complexity index is 547. The van der Waals surface area contributed by atoms with Gasteiger partial charge in [-0.05, 0) is 57.1 Å². The molecule has 1 aliphatic rings. The van der Waals surface area contributed by atoms with Crippen LogP contribution in [0, 0.1) is 0 Å². The maximum Gasteiger partial charge on any atom is 0.120 e. The molecule has 1 aliphatic heterocycles. The Hall–Kier alpha value is -1.61. The van der Waals surface area contributed by atoms with Crippen LogP contribution in [0.2, 0.25) is 0 Å². The lowest BCUT2D eigenvalue weighted by Gasteiger charge is -2.34. The molecule has 1 aromatic carbocycles. The molecule has 2 aromatic rings. The van der Waals surface area contributed by atoms with Crippen molar-refractivity contribution >= 4 is 10.9 Å². The number of nitrogens with zero attached hydrogens (tertiary/aromatic N) is 1. The first-order valence-electron chi connectivity index (χ1n) is 6.50. The first-order chi connectivity index (χ1) is 8.75. The van der Waals surface area contributed by atoms with E-state index >= 15 is 0 Å². The molecule has 1 fully saturated rings. The molecule has 94 valence electrons. The van der Waals surface area contributed by atoms with Crippen LogP contribution in [0.1, 0.15) is 19.8 Å². The van der Waals surface area contributed by atoms with Crippen molar-refractivity contribution in [3.05, 3.63) is 36.5 Å². The minimum absolute atomic E-state index is 0.0405. The fourth-order valence-corrected chi connectivity index (χ4v) is 2.46. The Labute approximate surface area is 107 Å². The summed E-state index contributed by atoms with van der Waals surface area (Å²) in [5, 5.41) is 4.50. The van der Waals surface area contributed by atoms with Crippen molar-refractivity contribution in [1.29, 1.82) is 0 Å². The van der Waals surface area contributed by atoms with Crippen LogP contribution in [-0.4, -0.2) is 23.7 Å². The minimum atomic E-state index is -0.0405. The largest absolute Gasteiger partial charge is 0.487 e. The average Bonchev–Trinajstić information content (AvgIpc) is 2.39. The number of hydrogen-bond acceptors (Lipinski definition) is 3. The molecule has 2 heterocycles. The highest BCUT2D eigenvalue weighted by Gasteiger charge is 2.28. The van der Waals surface area contributed by atoms with Crippen LogP contribution < -0.4 is 10.1 Å². The highest BCUT2D eigenvalue weighted by Crippen LogP contribution is 2.27. The minimum Gasteiger partial charge on any atom is -0.487 e. The average molecular weight is 242 g/mol. The highest BCUT2D eigenvalue weighted by molar-refractivity contribution is 5.79. The van der Waals surface area contributed by atoms with Crippen LogP contribution in [0.3, 0.4) is 0 Å². The number of rotatable bonds is 2. The number of hydrogen-bond donors (Lipinski definition) is 1. The van der Waals surface area contributed by atoms with Gasteiger partial charge in [0, 0.05) is 11.6 Å². The van der Waals surface area contributed by atoms with E-state index in [1.54, 1.807) is 0 Å². The van der Waals surface area contributed by atoms with Crippen molar-refractivity contribution in [2.24, 2.45) is 0 Å². The standard InChI is InChI=1S/C15H18N2O/c1-15(6-9-16-10-7-15)18-13-4-5-14-12(11-13)3-2-8-17-14/h2-5,8,11,16H,6-7,9-10H2,1H3. The highest BCUT2D eigenvalue weighted by atomic mass is 16.5. The molecule has 0 radical (unpaired) electrons. The molecule has 0 amide bonds. The zero-order chi connectivity index (χ0) is 12.4. The van der Waals surface area contributed by atoms with Crippen LogP contribution in [0.25, 0.3) is 10.9 Å². The van der Waals surface area contributed by atoms with Gasteiger partial charge in [0.05, 0.1) is 5.52 Å². The predicted molar refractivity (Wildman–Crippen MR) is 72.9 cm³/mol. The fraction of sp³-hybridized carbons (Fsp3) is 0.400. The van der Waals surface area contributed by atoms with Crippen LogP contribution in [0.4, 0.5) is 0 Å². The number of piperidine rings is 1. The molecule has 1 aromatic heterocycles. The molecule has 18 heavy (non-hydrogen) atoms. The van der Waals surface area contributed by atoms with Crippen molar-refractivity contribution in [2.45, 2.75) is 25.4 Å². The summed E-state index contributed by atoms with van der Waals surface area (Å²) in [6, 6.07) is 10.1. The molecule has 0 unspecified atom stereocenters. The van der Waals surface area contributed by atoms with Gasteiger partial charge in [-0.1, -0.05) is 6.07 Å². The van der Waals surface area contributed by atoms with Gasteiger partial charge in [0.15, 0.2) is 0 Å². The Morgan fingerprint density at radius 2 is 2.06 bits per heavy atom. The van der Waals surface area contributed by atoms with E-state index < -0.39 is 0 Å². The summed E-state index contributed by atoms with van der Waals surface area (Å²) in [7, 11) is 0. The van der Waals surface area contributed by atoms with Crippen molar-refractivity contribution < 1.29 is 4.74 Å². The SMILES string of the molecule is CC1(Oc2ccc3ncccc3c2)CCNCC1. The number of benzene rings is 1. The van der Waals surface area contributed by atoms with Crippen molar-refractivity contribution in [1.82, 2.24) is 10.3 Å². The Morgan fingerprint density at radius 1 is 1.22 bits per heavy atom. The zero-order valence-electron chi connectivity index (χ0n) is 10.6. The second kappa shape index (κ2) is 4.58. The summed E-state index contributed by atoms with van der Waals surface area (Å²) in [5.74, 6) is 0.944. The smallest absolute Gasteiger partial charge is 0.120 e. The third-order valence-electron chi connectivity index (χ3n) is 3.60. The third-order valence-corrected chi connectivity index (χ3v) is 3.60. The van der Waals surface area contributed by atoms with Crippen LogP contribution in [-0.2, 0) is 0 Å². The van der Waals surface area contributed by atoms with E-state index in [9.17, 15) is 0 Å². The fourth-order valence-electron chi connectivity index (χ4n) is 2.46. The molecule has 0 aliphatic carbocycles. The van der Waals surface area contributed by atoms with Crippen LogP contribution in [0.5, 0.6) is 5.75 Å². The monoisotopic (exact) mass is 242 g/mol. The number of ether oxygens (including phenoxy) is 1. The van der Waals surface area contributed by atoms with Crippen molar-refractivity contribution in [2.75, 3.05) is 13.1 Å². The Morgan fingerprint density at radius 3 is 2.89 bits per heavy atom. The molecule has 1 saturated heterocycles. The lowest BCUT2D eigenvalue weighted by atomic mass is 9.94. The van der Waals surface area contributed by atoms with Gasteiger partial charge in [-0.15, -0.1) is 0 Å². The number of aromatic nitrogens is 1.